The molecule has 0 saturated carbocycles. The van der Waals surface area contributed by atoms with Gasteiger partial charge >= 0.3 is 0 Å². The molecule has 0 aliphatic carbocycles. The molecule has 0 radical (unpaired) electrons. The molecule has 1 N–H and O–H groups in total. The molecule has 0 aliphatic heterocycles. The molecule has 3 aromatic rings. The van der Waals surface area contributed by atoms with Crippen LogP contribution < -0.4 is 0 Å². The summed E-state index contributed by atoms with van der Waals surface area (Å²) in [5.41, 5.74) is 3.39. The predicted molar refractivity (Wildman–Crippen MR) is 64.1 cm³/mol. The van der Waals surface area contributed by atoms with E-state index in [1.165, 1.54) is 10.4 Å². The molecule has 0 amide bonds. The highest BCUT2D eigenvalue weighted by Crippen LogP contribution is 2.25. The molecule has 3 rings (SSSR count). The number of H-pyrrole nitrogens is 1. The van der Waals surface area contributed by atoms with E-state index in [-0.39, 0.29) is 0 Å². The number of fused-ring (bicyclic) bond motifs is 1. The van der Waals surface area contributed by atoms with Crippen molar-refractivity contribution in [2.24, 2.45) is 0 Å². The van der Waals surface area contributed by atoms with Crippen molar-refractivity contribution >= 4 is 22.4 Å². The highest BCUT2D eigenvalue weighted by molar-refractivity contribution is 7.13. The lowest BCUT2D eigenvalue weighted by Crippen LogP contribution is -1.74. The Morgan fingerprint density at radius 1 is 1.20 bits per heavy atom. The van der Waals surface area contributed by atoms with E-state index in [0.717, 1.165) is 16.9 Å². The van der Waals surface area contributed by atoms with Crippen molar-refractivity contribution in [1.82, 2.24) is 9.97 Å². The molecule has 15 heavy (non-hydrogen) atoms. The van der Waals surface area contributed by atoms with Gasteiger partial charge in [-0.15, -0.1) is 11.3 Å². The fraction of sp³-hybridized carbons (Fsp3) is 0.0833. The van der Waals surface area contributed by atoms with E-state index in [2.05, 4.69) is 40.5 Å². The molecule has 2 nitrogen and oxygen atoms in total. The van der Waals surface area contributed by atoms with Gasteiger partial charge in [0.15, 0.2) is 0 Å². The first-order valence-electron chi connectivity index (χ1n) is 4.84. The normalized spacial score (nSPS) is 11.0. The molecule has 0 atom stereocenters. The largest absolute Gasteiger partial charge is 0.337 e. The standard InChI is InChI=1S/C12H10N2S/c1-8-4-2-5-9-11(8)14-12(13-9)10-6-3-7-15-10/h2-7H,1H3,(H,13,14). The number of imidazole rings is 1. The van der Waals surface area contributed by atoms with Crippen LogP contribution in [-0.4, -0.2) is 9.97 Å². The lowest BCUT2D eigenvalue weighted by Gasteiger charge is -1.90. The van der Waals surface area contributed by atoms with E-state index in [0.29, 0.717) is 0 Å². The van der Waals surface area contributed by atoms with Gasteiger partial charge < -0.3 is 4.98 Å². The Balaban J connectivity index is 2.27. The van der Waals surface area contributed by atoms with E-state index in [1.807, 2.05) is 12.1 Å². The summed E-state index contributed by atoms with van der Waals surface area (Å²) in [6.07, 6.45) is 0. The molecule has 0 unspecified atom stereocenters. The highest BCUT2D eigenvalue weighted by Gasteiger charge is 2.06. The highest BCUT2D eigenvalue weighted by atomic mass is 32.1. The van der Waals surface area contributed by atoms with Gasteiger partial charge in [0, 0.05) is 0 Å². The number of aryl methyl sites for hydroxylation is 1. The minimum atomic E-state index is 0.967. The number of rotatable bonds is 1. The maximum atomic E-state index is 4.61. The van der Waals surface area contributed by atoms with Crippen LogP contribution in [0.5, 0.6) is 0 Å². The van der Waals surface area contributed by atoms with Crippen molar-refractivity contribution in [2.75, 3.05) is 0 Å². The Labute approximate surface area is 91.6 Å². The zero-order valence-electron chi connectivity index (χ0n) is 8.32. The Hall–Kier alpha value is -1.61. The van der Waals surface area contributed by atoms with Crippen LogP contribution in [0.4, 0.5) is 0 Å². The number of aromatic nitrogens is 2. The maximum Gasteiger partial charge on any atom is 0.148 e. The van der Waals surface area contributed by atoms with Crippen LogP contribution in [0.3, 0.4) is 0 Å². The van der Waals surface area contributed by atoms with Gasteiger partial charge in [-0.25, -0.2) is 4.98 Å². The monoisotopic (exact) mass is 214 g/mol. The second-order valence-corrected chi connectivity index (χ2v) is 4.48. The second kappa shape index (κ2) is 3.21. The predicted octanol–water partition coefficient (Wildman–Crippen LogP) is 3.60. The third kappa shape index (κ3) is 1.36. The first kappa shape index (κ1) is 8.68. The number of benzene rings is 1. The number of thiophene rings is 1. The third-order valence-electron chi connectivity index (χ3n) is 2.47. The fourth-order valence-electron chi connectivity index (χ4n) is 1.71. The van der Waals surface area contributed by atoms with Gasteiger partial charge in [0.05, 0.1) is 15.9 Å². The fourth-order valence-corrected chi connectivity index (χ4v) is 2.37. The molecule has 0 fully saturated rings. The van der Waals surface area contributed by atoms with Gasteiger partial charge in [-0.05, 0) is 30.0 Å². The summed E-state index contributed by atoms with van der Waals surface area (Å²) >= 11 is 1.70. The van der Waals surface area contributed by atoms with Crippen LogP contribution in [0.1, 0.15) is 5.56 Å². The van der Waals surface area contributed by atoms with Crippen LogP contribution in [0, 0.1) is 6.92 Å². The first-order valence-corrected chi connectivity index (χ1v) is 5.72. The molecule has 2 aromatic heterocycles. The van der Waals surface area contributed by atoms with Crippen molar-refractivity contribution in [1.29, 1.82) is 0 Å². The Morgan fingerprint density at radius 3 is 2.87 bits per heavy atom. The summed E-state index contributed by atoms with van der Waals surface area (Å²) < 4.78 is 0. The Kier molecular flexibility index (Phi) is 1.86. The average Bonchev–Trinajstić information content (AvgIpc) is 2.86. The van der Waals surface area contributed by atoms with E-state index in [9.17, 15) is 0 Å². The molecule has 1 aromatic carbocycles. The molecule has 0 spiro atoms. The van der Waals surface area contributed by atoms with E-state index in [4.69, 9.17) is 0 Å². The smallest absolute Gasteiger partial charge is 0.148 e. The Bertz CT molecular complexity index is 593. The molecule has 0 bridgehead atoms. The lowest BCUT2D eigenvalue weighted by atomic mass is 10.2. The van der Waals surface area contributed by atoms with Gasteiger partial charge in [0.25, 0.3) is 0 Å². The molecule has 2 heterocycles. The number of hydrogen-bond acceptors (Lipinski definition) is 2. The summed E-state index contributed by atoms with van der Waals surface area (Å²) in [5.74, 6) is 0.967. The van der Waals surface area contributed by atoms with Gasteiger partial charge in [-0.2, -0.15) is 0 Å². The molecular formula is C12H10N2S. The van der Waals surface area contributed by atoms with Crippen LogP contribution in [0.15, 0.2) is 35.7 Å². The summed E-state index contributed by atoms with van der Waals surface area (Å²) in [5, 5.41) is 2.06. The van der Waals surface area contributed by atoms with Crippen LogP contribution in [-0.2, 0) is 0 Å². The van der Waals surface area contributed by atoms with Crippen LogP contribution in [0.25, 0.3) is 21.7 Å². The Morgan fingerprint density at radius 2 is 2.13 bits per heavy atom. The van der Waals surface area contributed by atoms with Crippen molar-refractivity contribution in [3.63, 3.8) is 0 Å². The van der Waals surface area contributed by atoms with Crippen molar-refractivity contribution in [2.45, 2.75) is 6.92 Å². The number of aromatic amines is 1. The number of nitrogens with one attached hydrogen (secondary N) is 1. The van der Waals surface area contributed by atoms with E-state index in [1.54, 1.807) is 11.3 Å². The first-order chi connectivity index (χ1) is 7.34. The van der Waals surface area contributed by atoms with E-state index >= 15 is 0 Å². The van der Waals surface area contributed by atoms with Crippen molar-refractivity contribution < 1.29 is 0 Å². The van der Waals surface area contributed by atoms with Gasteiger partial charge in [0.1, 0.15) is 5.82 Å². The number of hydrogen-bond donors (Lipinski definition) is 1. The molecular weight excluding hydrogens is 204 g/mol. The third-order valence-corrected chi connectivity index (χ3v) is 3.35. The molecule has 74 valence electrons. The minimum Gasteiger partial charge on any atom is -0.337 e. The maximum absolute atomic E-state index is 4.61. The number of nitrogens with zero attached hydrogens (tertiary/aromatic N) is 1. The summed E-state index contributed by atoms with van der Waals surface area (Å²) in [7, 11) is 0. The van der Waals surface area contributed by atoms with Crippen molar-refractivity contribution in [3.8, 4) is 10.7 Å². The second-order valence-electron chi connectivity index (χ2n) is 3.53. The van der Waals surface area contributed by atoms with Gasteiger partial charge in [0.2, 0.25) is 0 Å². The zero-order chi connectivity index (χ0) is 10.3. The van der Waals surface area contributed by atoms with E-state index < -0.39 is 0 Å². The summed E-state index contributed by atoms with van der Waals surface area (Å²) in [4.78, 5) is 9.13. The number of para-hydroxylation sites is 1. The topological polar surface area (TPSA) is 28.7 Å². The van der Waals surface area contributed by atoms with Crippen LogP contribution >= 0.6 is 11.3 Å². The van der Waals surface area contributed by atoms with Crippen LogP contribution in [0.2, 0.25) is 0 Å². The summed E-state index contributed by atoms with van der Waals surface area (Å²) in [6.45, 7) is 2.08. The zero-order valence-corrected chi connectivity index (χ0v) is 9.14. The van der Waals surface area contributed by atoms with Gasteiger partial charge in [-0.1, -0.05) is 18.2 Å². The average molecular weight is 214 g/mol. The quantitative estimate of drug-likeness (QED) is 0.658. The van der Waals surface area contributed by atoms with Gasteiger partial charge in [-0.3, -0.25) is 0 Å². The minimum absolute atomic E-state index is 0.967. The molecule has 3 heteroatoms. The summed E-state index contributed by atoms with van der Waals surface area (Å²) in [6, 6.07) is 10.3. The SMILES string of the molecule is Cc1cccc2[nH]c(-c3cccs3)nc12. The lowest BCUT2D eigenvalue weighted by molar-refractivity contribution is 1.35. The molecule has 0 saturated heterocycles. The van der Waals surface area contributed by atoms with Crippen molar-refractivity contribution in [3.05, 3.63) is 41.3 Å². The molecule has 0 aliphatic rings.